The first-order chi connectivity index (χ1) is 4.88. The number of nitrogens with zero attached hydrogens (tertiary/aromatic N) is 1. The summed E-state index contributed by atoms with van der Waals surface area (Å²) in [5, 5.41) is 1.21. The van der Waals surface area contributed by atoms with Crippen LogP contribution in [0.2, 0.25) is 0 Å². The largest absolute Gasteiger partial charge is 0.346 e. The summed E-state index contributed by atoms with van der Waals surface area (Å²) in [6.07, 6.45) is 3.76. The molecule has 0 amide bonds. The van der Waals surface area contributed by atoms with Gasteiger partial charge < -0.3 is 4.98 Å². The fourth-order valence-electron chi connectivity index (χ4n) is 1.09. The van der Waals surface area contributed by atoms with Crippen LogP contribution < -0.4 is 0 Å². The van der Waals surface area contributed by atoms with Gasteiger partial charge in [-0.15, -0.1) is 0 Å². The number of hydrogen-bond acceptors (Lipinski definition) is 1. The van der Waals surface area contributed by atoms with Crippen molar-refractivity contribution in [3.8, 4) is 0 Å². The second-order valence-electron chi connectivity index (χ2n) is 2.37. The fourth-order valence-corrected chi connectivity index (χ4v) is 1.09. The van der Waals surface area contributed by atoms with Gasteiger partial charge in [-0.25, -0.2) is 4.98 Å². The van der Waals surface area contributed by atoms with E-state index in [0.29, 0.717) is 0 Å². The molecule has 0 saturated heterocycles. The Morgan fingerprint density at radius 2 is 2.40 bits per heavy atom. The maximum Gasteiger partial charge on any atom is 0.137 e. The van der Waals surface area contributed by atoms with Crippen LogP contribution in [0.15, 0.2) is 24.5 Å². The molecule has 2 aromatic rings. The highest BCUT2D eigenvalue weighted by molar-refractivity contribution is 5.78. The molecule has 0 aliphatic carbocycles. The number of pyridine rings is 1. The highest BCUT2D eigenvalue weighted by Crippen LogP contribution is 2.12. The second kappa shape index (κ2) is 1.84. The third-order valence-electron chi connectivity index (χ3n) is 1.66. The van der Waals surface area contributed by atoms with E-state index in [0.717, 1.165) is 5.65 Å². The minimum atomic E-state index is 0.972. The van der Waals surface area contributed by atoms with Crippen LogP contribution >= 0.6 is 0 Å². The maximum atomic E-state index is 4.15. The summed E-state index contributed by atoms with van der Waals surface area (Å²) in [7, 11) is 0. The first-order valence-corrected chi connectivity index (χ1v) is 3.26. The van der Waals surface area contributed by atoms with Gasteiger partial charge in [0, 0.05) is 17.8 Å². The van der Waals surface area contributed by atoms with E-state index < -0.39 is 0 Å². The zero-order valence-electron chi connectivity index (χ0n) is 5.76. The van der Waals surface area contributed by atoms with E-state index in [1.807, 2.05) is 12.3 Å². The molecule has 0 fully saturated rings. The van der Waals surface area contributed by atoms with Crippen LogP contribution in [-0.2, 0) is 0 Å². The molecule has 0 aliphatic rings. The number of aromatic nitrogens is 2. The molecular formula is C8H8N2. The molecule has 2 heteroatoms. The van der Waals surface area contributed by atoms with Crippen molar-refractivity contribution in [3.63, 3.8) is 0 Å². The van der Waals surface area contributed by atoms with Crippen molar-refractivity contribution < 1.29 is 0 Å². The molecule has 2 heterocycles. The smallest absolute Gasteiger partial charge is 0.137 e. The molecule has 1 N–H and O–H groups in total. The van der Waals surface area contributed by atoms with Gasteiger partial charge in [0.05, 0.1) is 0 Å². The van der Waals surface area contributed by atoms with Crippen molar-refractivity contribution in [3.05, 3.63) is 30.1 Å². The van der Waals surface area contributed by atoms with E-state index in [1.165, 1.54) is 10.9 Å². The average Bonchev–Trinajstić information content (AvgIpc) is 2.34. The molecule has 0 radical (unpaired) electrons. The lowest BCUT2D eigenvalue weighted by molar-refractivity contribution is 1.32. The number of aromatic amines is 1. The quantitative estimate of drug-likeness (QED) is 0.582. The van der Waals surface area contributed by atoms with Crippen molar-refractivity contribution in [2.75, 3.05) is 0 Å². The maximum absolute atomic E-state index is 4.15. The van der Waals surface area contributed by atoms with Crippen LogP contribution in [0.5, 0.6) is 0 Å². The van der Waals surface area contributed by atoms with Crippen LogP contribution in [0.4, 0.5) is 0 Å². The molecule has 0 spiro atoms. The molecule has 10 heavy (non-hydrogen) atoms. The minimum Gasteiger partial charge on any atom is -0.346 e. The van der Waals surface area contributed by atoms with Crippen molar-refractivity contribution in [1.29, 1.82) is 0 Å². The average molecular weight is 132 g/mol. The van der Waals surface area contributed by atoms with Gasteiger partial charge in [0.15, 0.2) is 0 Å². The van der Waals surface area contributed by atoms with Crippen molar-refractivity contribution in [1.82, 2.24) is 9.97 Å². The summed E-state index contributed by atoms with van der Waals surface area (Å²) in [6, 6.07) is 4.01. The monoisotopic (exact) mass is 132 g/mol. The van der Waals surface area contributed by atoms with Gasteiger partial charge in [-0.3, -0.25) is 0 Å². The lowest BCUT2D eigenvalue weighted by atomic mass is 10.2. The van der Waals surface area contributed by atoms with Crippen molar-refractivity contribution in [2.45, 2.75) is 6.92 Å². The van der Waals surface area contributed by atoms with Gasteiger partial charge in [0.2, 0.25) is 0 Å². The van der Waals surface area contributed by atoms with Gasteiger partial charge in [0.1, 0.15) is 5.65 Å². The zero-order chi connectivity index (χ0) is 6.97. The van der Waals surface area contributed by atoms with E-state index >= 15 is 0 Å². The van der Waals surface area contributed by atoms with Crippen molar-refractivity contribution in [2.24, 2.45) is 0 Å². The summed E-state index contributed by atoms with van der Waals surface area (Å²) in [5.41, 5.74) is 2.23. The van der Waals surface area contributed by atoms with Gasteiger partial charge >= 0.3 is 0 Å². The molecule has 0 aromatic carbocycles. The van der Waals surface area contributed by atoms with E-state index in [9.17, 15) is 0 Å². The molecule has 0 saturated carbocycles. The van der Waals surface area contributed by atoms with E-state index in [-0.39, 0.29) is 0 Å². The molecule has 2 nitrogen and oxygen atoms in total. The Hall–Kier alpha value is -1.31. The van der Waals surface area contributed by atoms with Crippen molar-refractivity contribution >= 4 is 11.0 Å². The predicted octanol–water partition coefficient (Wildman–Crippen LogP) is 1.87. The minimum absolute atomic E-state index is 0.972. The van der Waals surface area contributed by atoms with Crippen LogP contribution in [-0.4, -0.2) is 9.97 Å². The van der Waals surface area contributed by atoms with Crippen LogP contribution in [0.1, 0.15) is 5.56 Å². The number of aryl methyl sites for hydroxylation is 1. The molecule has 0 bridgehead atoms. The number of nitrogens with one attached hydrogen (secondary N) is 1. The summed E-state index contributed by atoms with van der Waals surface area (Å²) in [5.74, 6) is 0. The highest BCUT2D eigenvalue weighted by atomic mass is 14.8. The zero-order valence-corrected chi connectivity index (χ0v) is 5.76. The standard InChI is InChI=1S/C8H8N2/c1-6-5-10-8-7(6)3-2-4-9-8/h2-5H,1H3,(H,9,10). The molecule has 0 unspecified atom stereocenters. The molecule has 0 atom stereocenters. The fraction of sp³-hybridized carbons (Fsp3) is 0.125. The lowest BCUT2D eigenvalue weighted by Gasteiger charge is -1.86. The highest BCUT2D eigenvalue weighted by Gasteiger charge is 1.95. The topological polar surface area (TPSA) is 28.7 Å². The first kappa shape index (κ1) is 5.47. The lowest BCUT2D eigenvalue weighted by Crippen LogP contribution is -1.72. The second-order valence-corrected chi connectivity index (χ2v) is 2.37. The van der Waals surface area contributed by atoms with Crippen LogP contribution in [0, 0.1) is 6.92 Å². The van der Waals surface area contributed by atoms with Gasteiger partial charge in [0.25, 0.3) is 0 Å². The number of H-pyrrole nitrogens is 1. The van der Waals surface area contributed by atoms with Crippen LogP contribution in [0.25, 0.3) is 11.0 Å². The van der Waals surface area contributed by atoms with E-state index in [4.69, 9.17) is 0 Å². The predicted molar refractivity (Wildman–Crippen MR) is 40.8 cm³/mol. The Bertz CT molecular complexity index is 349. The molecule has 2 rings (SSSR count). The Kier molecular flexibility index (Phi) is 1.01. The Morgan fingerprint density at radius 1 is 1.50 bits per heavy atom. The SMILES string of the molecule is Cc1c[nH]c2ncccc12. The summed E-state index contributed by atoms with van der Waals surface area (Å²) in [6.45, 7) is 2.07. The molecule has 50 valence electrons. The van der Waals surface area contributed by atoms with Gasteiger partial charge in [-0.1, -0.05) is 0 Å². The summed E-state index contributed by atoms with van der Waals surface area (Å²) in [4.78, 5) is 7.22. The van der Waals surface area contributed by atoms with Gasteiger partial charge in [-0.05, 0) is 24.6 Å². The Balaban J connectivity index is 2.93. The number of fused-ring (bicyclic) bond motifs is 1. The third kappa shape index (κ3) is 0.620. The van der Waals surface area contributed by atoms with Gasteiger partial charge in [-0.2, -0.15) is 0 Å². The van der Waals surface area contributed by atoms with Crippen LogP contribution in [0.3, 0.4) is 0 Å². The normalized spacial score (nSPS) is 10.5. The molecule has 2 aromatic heterocycles. The Morgan fingerprint density at radius 3 is 3.20 bits per heavy atom. The molecule has 0 aliphatic heterocycles. The third-order valence-corrected chi connectivity index (χ3v) is 1.66. The first-order valence-electron chi connectivity index (χ1n) is 3.26. The summed E-state index contributed by atoms with van der Waals surface area (Å²) < 4.78 is 0. The number of rotatable bonds is 0. The van der Waals surface area contributed by atoms with E-state index in [2.05, 4.69) is 23.0 Å². The summed E-state index contributed by atoms with van der Waals surface area (Å²) >= 11 is 0. The molecular weight excluding hydrogens is 124 g/mol. The Labute approximate surface area is 58.9 Å². The van der Waals surface area contributed by atoms with E-state index in [1.54, 1.807) is 6.20 Å². The number of hydrogen-bond donors (Lipinski definition) is 1.